The van der Waals surface area contributed by atoms with Gasteiger partial charge in [0.15, 0.2) is 5.75 Å². The average Bonchev–Trinajstić information content (AvgIpc) is 2.33. The molecule has 0 heterocycles. The number of sulfonamides is 1. The van der Waals surface area contributed by atoms with Crippen LogP contribution in [0.3, 0.4) is 0 Å². The Morgan fingerprint density at radius 2 is 2.00 bits per heavy atom. The Labute approximate surface area is 126 Å². The first-order valence-electron chi connectivity index (χ1n) is 5.17. The fourth-order valence-electron chi connectivity index (χ4n) is 1.21. The van der Waals surface area contributed by atoms with Crippen LogP contribution in [0.15, 0.2) is 27.6 Å². The molecular formula is C10H9BrF3NO5S. The van der Waals surface area contributed by atoms with Crippen LogP contribution in [0.4, 0.5) is 13.2 Å². The van der Waals surface area contributed by atoms with Crippen LogP contribution in [0.5, 0.6) is 5.75 Å². The number of nitrogens with one attached hydrogen (secondary N) is 1. The molecule has 118 valence electrons. The van der Waals surface area contributed by atoms with Gasteiger partial charge in [-0.3, -0.25) is 4.79 Å². The molecule has 0 radical (unpaired) electrons. The number of hydrogen-bond acceptors (Lipinski definition) is 5. The van der Waals surface area contributed by atoms with Gasteiger partial charge in [0.2, 0.25) is 10.0 Å². The van der Waals surface area contributed by atoms with Crippen LogP contribution in [-0.2, 0) is 19.6 Å². The summed E-state index contributed by atoms with van der Waals surface area (Å²) < 4.78 is 70.5. The lowest BCUT2D eigenvalue weighted by Gasteiger charge is -2.14. The van der Waals surface area contributed by atoms with E-state index in [-0.39, 0.29) is 4.47 Å². The zero-order chi connectivity index (χ0) is 16.3. The largest absolute Gasteiger partial charge is 0.573 e. The number of halogens is 4. The van der Waals surface area contributed by atoms with E-state index in [0.29, 0.717) is 0 Å². The van der Waals surface area contributed by atoms with Crippen molar-refractivity contribution >= 4 is 31.9 Å². The molecular weight excluding hydrogens is 383 g/mol. The van der Waals surface area contributed by atoms with E-state index in [1.807, 2.05) is 0 Å². The van der Waals surface area contributed by atoms with Gasteiger partial charge in [0, 0.05) is 4.47 Å². The summed E-state index contributed by atoms with van der Waals surface area (Å²) in [7, 11) is -3.35. The SMILES string of the molecule is COC(=O)CNS(=O)(=O)c1ccc(Br)cc1OC(F)(F)F. The number of alkyl halides is 3. The number of benzene rings is 1. The average molecular weight is 392 g/mol. The fourth-order valence-corrected chi connectivity index (χ4v) is 2.63. The molecule has 1 aromatic rings. The molecule has 1 rings (SSSR count). The predicted molar refractivity (Wildman–Crippen MR) is 68.0 cm³/mol. The second-order valence-electron chi connectivity index (χ2n) is 3.54. The van der Waals surface area contributed by atoms with Gasteiger partial charge in [-0.05, 0) is 18.2 Å². The topological polar surface area (TPSA) is 81.7 Å². The van der Waals surface area contributed by atoms with Crippen molar-refractivity contribution in [1.82, 2.24) is 4.72 Å². The van der Waals surface area contributed by atoms with Gasteiger partial charge in [0.25, 0.3) is 0 Å². The van der Waals surface area contributed by atoms with E-state index < -0.39 is 39.5 Å². The normalized spacial score (nSPS) is 12.0. The third-order valence-corrected chi connectivity index (χ3v) is 3.99. The quantitative estimate of drug-likeness (QED) is 0.773. The third-order valence-electron chi connectivity index (χ3n) is 2.06. The molecule has 0 saturated heterocycles. The highest BCUT2D eigenvalue weighted by molar-refractivity contribution is 9.10. The van der Waals surface area contributed by atoms with Crippen molar-refractivity contribution in [2.24, 2.45) is 0 Å². The van der Waals surface area contributed by atoms with Crippen LogP contribution in [0.25, 0.3) is 0 Å². The molecule has 0 atom stereocenters. The minimum atomic E-state index is -5.06. The standard InChI is InChI=1S/C10H9BrF3NO5S/c1-19-9(16)5-15-21(17,18)8-3-2-6(11)4-7(8)20-10(12,13)14/h2-4,15H,5H2,1H3. The van der Waals surface area contributed by atoms with Crippen molar-refractivity contribution in [1.29, 1.82) is 0 Å². The zero-order valence-electron chi connectivity index (χ0n) is 10.4. The molecule has 0 aromatic heterocycles. The molecule has 6 nitrogen and oxygen atoms in total. The van der Waals surface area contributed by atoms with Crippen molar-refractivity contribution in [3.05, 3.63) is 22.7 Å². The van der Waals surface area contributed by atoms with E-state index in [4.69, 9.17) is 0 Å². The highest BCUT2D eigenvalue weighted by atomic mass is 79.9. The lowest BCUT2D eigenvalue weighted by Crippen LogP contribution is -2.31. The summed E-state index contributed by atoms with van der Waals surface area (Å²) >= 11 is 2.91. The first kappa shape index (κ1) is 17.7. The highest BCUT2D eigenvalue weighted by Gasteiger charge is 2.34. The molecule has 0 aliphatic carbocycles. The van der Waals surface area contributed by atoms with Crippen LogP contribution in [-0.4, -0.2) is 34.4 Å². The van der Waals surface area contributed by atoms with E-state index in [0.717, 1.165) is 19.2 Å². The maximum absolute atomic E-state index is 12.3. The van der Waals surface area contributed by atoms with E-state index >= 15 is 0 Å². The van der Waals surface area contributed by atoms with Gasteiger partial charge in [0.05, 0.1) is 7.11 Å². The minimum absolute atomic E-state index is 0.189. The van der Waals surface area contributed by atoms with Crippen LogP contribution >= 0.6 is 15.9 Å². The molecule has 21 heavy (non-hydrogen) atoms. The molecule has 1 aromatic carbocycles. The van der Waals surface area contributed by atoms with Gasteiger partial charge in [0.1, 0.15) is 11.4 Å². The van der Waals surface area contributed by atoms with Crippen LogP contribution in [0, 0.1) is 0 Å². The molecule has 0 unspecified atom stereocenters. The van der Waals surface area contributed by atoms with Crippen molar-refractivity contribution in [3.8, 4) is 5.75 Å². The van der Waals surface area contributed by atoms with E-state index in [1.54, 1.807) is 4.72 Å². The van der Waals surface area contributed by atoms with Gasteiger partial charge in [-0.1, -0.05) is 15.9 Å². The summed E-state index contributed by atoms with van der Waals surface area (Å²) in [5, 5.41) is 0. The Kier molecular flexibility index (Phi) is 5.59. The van der Waals surface area contributed by atoms with Gasteiger partial charge >= 0.3 is 12.3 Å². The molecule has 11 heteroatoms. The molecule has 0 aliphatic heterocycles. The fraction of sp³-hybridized carbons (Fsp3) is 0.300. The van der Waals surface area contributed by atoms with E-state index in [2.05, 4.69) is 25.4 Å². The smallest absolute Gasteiger partial charge is 0.468 e. The van der Waals surface area contributed by atoms with Gasteiger partial charge in [-0.25, -0.2) is 8.42 Å². The summed E-state index contributed by atoms with van der Waals surface area (Å²) in [6, 6.07) is 2.97. The summed E-state index contributed by atoms with van der Waals surface area (Å²) in [6.07, 6.45) is -5.06. The summed E-state index contributed by atoms with van der Waals surface area (Å²) in [5.41, 5.74) is 0. The van der Waals surface area contributed by atoms with Crippen molar-refractivity contribution < 1.29 is 35.9 Å². The van der Waals surface area contributed by atoms with Crippen LogP contribution in [0.1, 0.15) is 0 Å². The molecule has 0 amide bonds. The second kappa shape index (κ2) is 6.62. The van der Waals surface area contributed by atoms with Gasteiger partial charge < -0.3 is 9.47 Å². The molecule has 0 spiro atoms. The number of esters is 1. The molecule has 1 N–H and O–H groups in total. The second-order valence-corrected chi connectivity index (χ2v) is 6.19. The Bertz CT molecular complexity index is 632. The molecule has 0 bridgehead atoms. The summed E-state index contributed by atoms with van der Waals surface area (Å²) in [5.74, 6) is -1.82. The number of ether oxygens (including phenoxy) is 2. The Morgan fingerprint density at radius 3 is 2.52 bits per heavy atom. The number of hydrogen-bond donors (Lipinski definition) is 1. The monoisotopic (exact) mass is 391 g/mol. The van der Waals surface area contributed by atoms with Gasteiger partial charge in [-0.15, -0.1) is 13.2 Å². The lowest BCUT2D eigenvalue weighted by molar-refractivity contribution is -0.275. The van der Waals surface area contributed by atoms with Crippen molar-refractivity contribution in [2.75, 3.05) is 13.7 Å². The Hall–Kier alpha value is -1.33. The van der Waals surface area contributed by atoms with E-state index in [9.17, 15) is 26.4 Å². The molecule has 0 fully saturated rings. The summed E-state index contributed by atoms with van der Waals surface area (Å²) in [6.45, 7) is -0.722. The third kappa shape index (κ3) is 5.52. The Balaban J connectivity index is 3.13. The maximum atomic E-state index is 12.3. The van der Waals surface area contributed by atoms with Crippen molar-refractivity contribution in [3.63, 3.8) is 0 Å². The molecule has 0 saturated carbocycles. The maximum Gasteiger partial charge on any atom is 0.573 e. The van der Waals surface area contributed by atoms with Crippen molar-refractivity contribution in [2.45, 2.75) is 11.3 Å². The van der Waals surface area contributed by atoms with Crippen LogP contribution in [0.2, 0.25) is 0 Å². The minimum Gasteiger partial charge on any atom is -0.468 e. The predicted octanol–water partition coefficient (Wildman–Crippen LogP) is 1.80. The number of carbonyl (C=O) groups excluding carboxylic acids is 1. The van der Waals surface area contributed by atoms with E-state index in [1.165, 1.54) is 6.07 Å². The Morgan fingerprint density at radius 1 is 1.38 bits per heavy atom. The zero-order valence-corrected chi connectivity index (χ0v) is 12.8. The number of rotatable bonds is 5. The first-order valence-corrected chi connectivity index (χ1v) is 7.44. The lowest BCUT2D eigenvalue weighted by atomic mass is 10.3. The summed E-state index contributed by atoms with van der Waals surface area (Å²) in [4.78, 5) is 10.1. The number of carbonyl (C=O) groups is 1. The molecule has 0 aliphatic rings. The number of methoxy groups -OCH3 is 1. The highest BCUT2D eigenvalue weighted by Crippen LogP contribution is 2.32. The van der Waals surface area contributed by atoms with Crippen LogP contribution < -0.4 is 9.46 Å². The van der Waals surface area contributed by atoms with Gasteiger partial charge in [-0.2, -0.15) is 4.72 Å². The first-order chi connectivity index (χ1) is 9.55.